The molecule has 0 aliphatic carbocycles. The van der Waals surface area contributed by atoms with Crippen molar-refractivity contribution in [1.29, 1.82) is 0 Å². The third kappa shape index (κ3) is 3.07. The van der Waals surface area contributed by atoms with E-state index in [4.69, 9.17) is 0 Å². The van der Waals surface area contributed by atoms with Crippen molar-refractivity contribution < 1.29 is 4.39 Å². The van der Waals surface area contributed by atoms with Gasteiger partial charge in [0.15, 0.2) is 0 Å². The number of hydrogen-bond acceptors (Lipinski definition) is 0. The normalized spacial score (nSPS) is 13.9. The van der Waals surface area contributed by atoms with Crippen LogP contribution < -0.4 is 0 Å². The summed E-state index contributed by atoms with van der Waals surface area (Å²) in [6.45, 7) is 10.4. The summed E-state index contributed by atoms with van der Waals surface area (Å²) in [6, 6.07) is 6.54. The number of benzene rings is 1. The molecule has 0 aliphatic heterocycles. The van der Waals surface area contributed by atoms with E-state index in [9.17, 15) is 4.39 Å². The highest BCUT2D eigenvalue weighted by Gasteiger charge is 2.16. The first kappa shape index (κ1) is 13.2. The molecular formula is C15H23F. The Hall–Kier alpha value is -0.850. The zero-order valence-electron chi connectivity index (χ0n) is 11.1. The molecule has 0 spiro atoms. The summed E-state index contributed by atoms with van der Waals surface area (Å²) in [7, 11) is 0. The second kappa shape index (κ2) is 4.99. The minimum absolute atomic E-state index is 0.00704. The fraction of sp³-hybridized carbons (Fsp3) is 0.600. The van der Waals surface area contributed by atoms with Crippen molar-refractivity contribution in [1.82, 2.24) is 0 Å². The lowest BCUT2D eigenvalue weighted by Crippen LogP contribution is -2.13. The van der Waals surface area contributed by atoms with Gasteiger partial charge in [-0.2, -0.15) is 0 Å². The topological polar surface area (TPSA) is 0 Å². The van der Waals surface area contributed by atoms with E-state index in [2.05, 4.69) is 45.9 Å². The van der Waals surface area contributed by atoms with Gasteiger partial charge < -0.3 is 0 Å². The van der Waals surface area contributed by atoms with Crippen molar-refractivity contribution in [2.45, 2.75) is 52.4 Å². The molecule has 0 amide bonds. The van der Waals surface area contributed by atoms with Gasteiger partial charge in [-0.25, -0.2) is 0 Å². The van der Waals surface area contributed by atoms with E-state index in [1.807, 2.05) is 6.92 Å². The Morgan fingerprint density at radius 2 is 1.81 bits per heavy atom. The Labute approximate surface area is 98.9 Å². The van der Waals surface area contributed by atoms with Crippen LogP contribution in [0.4, 0.5) is 4.39 Å². The predicted octanol–water partition coefficient (Wildman–Crippen LogP) is 4.62. The van der Waals surface area contributed by atoms with Gasteiger partial charge in [-0.1, -0.05) is 52.8 Å². The van der Waals surface area contributed by atoms with Gasteiger partial charge >= 0.3 is 0 Å². The molecule has 0 N–H and O–H groups in total. The molecule has 0 aliphatic rings. The van der Waals surface area contributed by atoms with Crippen LogP contribution in [0.5, 0.6) is 0 Å². The highest BCUT2D eigenvalue weighted by Crippen LogP contribution is 2.28. The molecule has 1 aromatic rings. The van der Waals surface area contributed by atoms with Gasteiger partial charge in [-0.05, 0) is 28.5 Å². The second-order valence-corrected chi connectivity index (χ2v) is 5.62. The average molecular weight is 222 g/mol. The summed E-state index contributed by atoms with van der Waals surface area (Å²) in [5.74, 6) is 0.00704. The summed E-state index contributed by atoms with van der Waals surface area (Å²) >= 11 is 0. The van der Waals surface area contributed by atoms with E-state index >= 15 is 0 Å². The monoisotopic (exact) mass is 222 g/mol. The quantitative estimate of drug-likeness (QED) is 0.700. The van der Waals surface area contributed by atoms with Gasteiger partial charge in [0, 0.05) is 5.92 Å². The number of alkyl halides is 1. The van der Waals surface area contributed by atoms with E-state index in [0.29, 0.717) is 0 Å². The van der Waals surface area contributed by atoms with E-state index < -0.39 is 0 Å². The fourth-order valence-corrected chi connectivity index (χ4v) is 1.73. The molecule has 0 radical (unpaired) electrons. The largest absolute Gasteiger partial charge is 0.250 e. The van der Waals surface area contributed by atoms with Crippen molar-refractivity contribution in [2.24, 2.45) is 0 Å². The average Bonchev–Trinajstić information content (AvgIpc) is 2.26. The molecule has 0 bridgehead atoms. The molecule has 0 aromatic heterocycles. The van der Waals surface area contributed by atoms with Crippen LogP contribution in [0.2, 0.25) is 0 Å². The highest BCUT2D eigenvalue weighted by atomic mass is 19.1. The van der Waals surface area contributed by atoms with Crippen molar-refractivity contribution in [3.05, 3.63) is 34.9 Å². The summed E-state index contributed by atoms with van der Waals surface area (Å²) in [4.78, 5) is 0. The number of hydrogen-bond donors (Lipinski definition) is 0. The lowest BCUT2D eigenvalue weighted by atomic mass is 9.83. The molecular weight excluding hydrogens is 199 g/mol. The number of halogens is 1. The van der Waals surface area contributed by atoms with Crippen molar-refractivity contribution in [3.63, 3.8) is 0 Å². The molecule has 90 valence electrons. The van der Waals surface area contributed by atoms with Crippen LogP contribution in [0.15, 0.2) is 18.2 Å². The molecule has 1 rings (SSSR count). The van der Waals surface area contributed by atoms with E-state index in [1.165, 1.54) is 11.1 Å². The van der Waals surface area contributed by atoms with Crippen LogP contribution in [0.3, 0.4) is 0 Å². The smallest absolute Gasteiger partial charge is 0.0960 e. The molecule has 1 unspecified atom stereocenters. The van der Waals surface area contributed by atoms with Crippen LogP contribution >= 0.6 is 0 Å². The van der Waals surface area contributed by atoms with Crippen LogP contribution in [-0.4, -0.2) is 6.67 Å². The van der Waals surface area contributed by atoms with Crippen molar-refractivity contribution >= 4 is 0 Å². The zero-order chi connectivity index (χ0) is 12.3. The highest BCUT2D eigenvalue weighted by molar-refractivity contribution is 5.35. The van der Waals surface area contributed by atoms with E-state index in [1.54, 1.807) is 0 Å². The Morgan fingerprint density at radius 1 is 1.19 bits per heavy atom. The predicted molar refractivity (Wildman–Crippen MR) is 68.9 cm³/mol. The third-order valence-electron chi connectivity index (χ3n) is 3.09. The summed E-state index contributed by atoms with van der Waals surface area (Å²) in [5, 5.41) is 0. The molecule has 1 heteroatoms. The molecule has 0 saturated carbocycles. The minimum atomic E-state index is -0.281. The van der Waals surface area contributed by atoms with Crippen molar-refractivity contribution in [3.8, 4) is 0 Å². The number of aryl methyl sites for hydroxylation is 1. The Morgan fingerprint density at radius 3 is 2.25 bits per heavy atom. The van der Waals surface area contributed by atoms with E-state index in [-0.39, 0.29) is 18.0 Å². The Bertz CT molecular complexity index is 347. The van der Waals surface area contributed by atoms with Gasteiger partial charge in [0.2, 0.25) is 0 Å². The molecule has 1 aromatic carbocycles. The zero-order valence-corrected chi connectivity index (χ0v) is 11.1. The standard InChI is InChI=1S/C15H23F/c1-6-12-7-13(11(2)10-16)9-14(8-12)15(3,4)5/h7-9,11H,6,10H2,1-5H3. The first-order valence-corrected chi connectivity index (χ1v) is 6.08. The molecule has 0 fully saturated rings. The molecule has 1 atom stereocenters. The first-order valence-electron chi connectivity index (χ1n) is 6.08. The van der Waals surface area contributed by atoms with Gasteiger partial charge in [-0.15, -0.1) is 0 Å². The second-order valence-electron chi connectivity index (χ2n) is 5.62. The lowest BCUT2D eigenvalue weighted by Gasteiger charge is -2.22. The number of rotatable bonds is 3. The lowest BCUT2D eigenvalue weighted by molar-refractivity contribution is 0.446. The Kier molecular flexibility index (Phi) is 4.12. The van der Waals surface area contributed by atoms with Crippen LogP contribution in [0.25, 0.3) is 0 Å². The summed E-state index contributed by atoms with van der Waals surface area (Å²) in [6.07, 6.45) is 1.01. The van der Waals surface area contributed by atoms with Gasteiger partial charge in [0.1, 0.15) is 0 Å². The summed E-state index contributed by atoms with van der Waals surface area (Å²) < 4.78 is 12.7. The fourth-order valence-electron chi connectivity index (χ4n) is 1.73. The van der Waals surface area contributed by atoms with Gasteiger partial charge in [-0.3, -0.25) is 4.39 Å². The van der Waals surface area contributed by atoms with Gasteiger partial charge in [0.25, 0.3) is 0 Å². The van der Waals surface area contributed by atoms with E-state index in [0.717, 1.165) is 12.0 Å². The third-order valence-corrected chi connectivity index (χ3v) is 3.09. The molecule has 16 heavy (non-hydrogen) atoms. The van der Waals surface area contributed by atoms with Crippen LogP contribution in [0.1, 0.15) is 57.2 Å². The first-order chi connectivity index (χ1) is 7.38. The molecule has 0 nitrogen and oxygen atoms in total. The SMILES string of the molecule is CCc1cc(C(C)CF)cc(C(C)(C)C)c1. The maximum Gasteiger partial charge on any atom is 0.0960 e. The maximum atomic E-state index is 12.7. The van der Waals surface area contributed by atoms with Crippen molar-refractivity contribution in [2.75, 3.05) is 6.67 Å². The molecule has 0 heterocycles. The van der Waals surface area contributed by atoms with Crippen LogP contribution in [-0.2, 0) is 11.8 Å². The van der Waals surface area contributed by atoms with Crippen LogP contribution in [0, 0.1) is 0 Å². The summed E-state index contributed by atoms with van der Waals surface area (Å²) in [5.41, 5.74) is 3.88. The van der Waals surface area contributed by atoms with Gasteiger partial charge in [0.05, 0.1) is 6.67 Å². The maximum absolute atomic E-state index is 12.7. The Balaban J connectivity index is 3.21. The molecule has 0 saturated heterocycles. The minimum Gasteiger partial charge on any atom is -0.250 e.